The Morgan fingerprint density at radius 2 is 2.04 bits per heavy atom. The lowest BCUT2D eigenvalue weighted by Gasteiger charge is -2.16. The van der Waals surface area contributed by atoms with Crippen LogP contribution in [0.4, 0.5) is 0 Å². The number of amides is 1. The Morgan fingerprint density at radius 3 is 2.74 bits per heavy atom. The number of nitrogens with zero attached hydrogens (tertiary/aromatic N) is 1. The summed E-state index contributed by atoms with van der Waals surface area (Å²) >= 11 is 9.13. The van der Waals surface area contributed by atoms with Gasteiger partial charge in [-0.25, -0.2) is 4.98 Å². The summed E-state index contributed by atoms with van der Waals surface area (Å²) in [4.78, 5) is 29.6. The molecule has 0 saturated carbocycles. The van der Waals surface area contributed by atoms with E-state index in [-0.39, 0.29) is 24.7 Å². The highest BCUT2D eigenvalue weighted by Gasteiger charge is 2.20. The fourth-order valence-corrected chi connectivity index (χ4v) is 4.44. The van der Waals surface area contributed by atoms with E-state index in [1.165, 1.54) is 29.8 Å². The normalized spacial score (nSPS) is 11.8. The highest BCUT2D eigenvalue weighted by Crippen LogP contribution is 2.30. The molecule has 1 atom stereocenters. The van der Waals surface area contributed by atoms with Crippen LogP contribution in [0.25, 0.3) is 10.6 Å². The number of benzene rings is 1. The smallest absolute Gasteiger partial charge is 0.307 e. The number of carbonyl (C=O) groups is 2. The minimum Gasteiger partial charge on any atom is -0.469 e. The Bertz CT molecular complexity index is 925. The Labute approximate surface area is 170 Å². The van der Waals surface area contributed by atoms with Gasteiger partial charge in [-0.05, 0) is 17.5 Å². The van der Waals surface area contributed by atoms with Gasteiger partial charge in [-0.15, -0.1) is 22.7 Å². The first kappa shape index (κ1) is 19.5. The molecule has 5 nitrogen and oxygen atoms in total. The van der Waals surface area contributed by atoms with E-state index in [4.69, 9.17) is 16.3 Å². The molecule has 1 N–H and O–H groups in total. The quantitative estimate of drug-likeness (QED) is 0.572. The molecule has 0 spiro atoms. The van der Waals surface area contributed by atoms with Crippen molar-refractivity contribution in [3.63, 3.8) is 0 Å². The summed E-state index contributed by atoms with van der Waals surface area (Å²) in [7, 11) is 1.33. The minimum atomic E-state index is -0.411. The van der Waals surface area contributed by atoms with Crippen molar-refractivity contribution in [2.75, 3.05) is 7.11 Å². The number of thiophene rings is 1. The molecule has 2 heterocycles. The van der Waals surface area contributed by atoms with Gasteiger partial charge in [0, 0.05) is 15.8 Å². The molecule has 0 aliphatic heterocycles. The van der Waals surface area contributed by atoms with E-state index in [9.17, 15) is 9.59 Å². The summed E-state index contributed by atoms with van der Waals surface area (Å²) in [6.07, 6.45) is 0.217. The molecule has 0 fully saturated rings. The second-order valence-corrected chi connectivity index (χ2v) is 7.96. The van der Waals surface area contributed by atoms with Crippen LogP contribution < -0.4 is 5.32 Å². The van der Waals surface area contributed by atoms with Crippen LogP contribution in [0.2, 0.25) is 5.02 Å². The summed E-state index contributed by atoms with van der Waals surface area (Å²) in [5.41, 5.74) is 1.51. The fraction of sp³-hybridized carbons (Fsp3) is 0.211. The second-order valence-electron chi connectivity index (χ2n) is 5.72. The number of rotatable bonds is 7. The third-order valence-corrected chi connectivity index (χ3v) is 6.06. The molecule has 3 rings (SSSR count). The maximum absolute atomic E-state index is 12.5. The highest BCUT2D eigenvalue weighted by molar-refractivity contribution is 7.13. The van der Waals surface area contributed by atoms with Crippen molar-refractivity contribution >= 4 is 46.2 Å². The number of aromatic nitrogens is 1. The Hall–Kier alpha value is -2.22. The summed E-state index contributed by atoms with van der Waals surface area (Å²) in [6, 6.07) is 10.8. The van der Waals surface area contributed by atoms with Gasteiger partial charge in [0.2, 0.25) is 5.91 Å². The van der Waals surface area contributed by atoms with Crippen molar-refractivity contribution in [2.24, 2.45) is 0 Å². The summed E-state index contributed by atoms with van der Waals surface area (Å²) < 4.78 is 4.73. The van der Waals surface area contributed by atoms with Gasteiger partial charge >= 0.3 is 5.97 Å². The zero-order chi connectivity index (χ0) is 19.2. The van der Waals surface area contributed by atoms with E-state index in [0.29, 0.717) is 10.7 Å². The van der Waals surface area contributed by atoms with Crippen LogP contribution in [-0.2, 0) is 20.7 Å². The van der Waals surface area contributed by atoms with Crippen molar-refractivity contribution in [3.8, 4) is 10.6 Å². The Balaban J connectivity index is 1.68. The Morgan fingerprint density at radius 1 is 1.22 bits per heavy atom. The lowest BCUT2D eigenvalue weighted by molar-refractivity contribution is -0.141. The topological polar surface area (TPSA) is 68.3 Å². The van der Waals surface area contributed by atoms with Gasteiger partial charge < -0.3 is 10.1 Å². The summed E-state index contributed by atoms with van der Waals surface area (Å²) in [5, 5.41) is 8.05. The van der Waals surface area contributed by atoms with E-state index < -0.39 is 6.04 Å². The number of nitrogens with one attached hydrogen (secondary N) is 1. The van der Waals surface area contributed by atoms with Gasteiger partial charge in [0.15, 0.2) is 0 Å². The van der Waals surface area contributed by atoms with Crippen LogP contribution >= 0.6 is 34.3 Å². The number of hydrogen-bond acceptors (Lipinski definition) is 6. The SMILES string of the molecule is COC(=O)CC(NC(=O)Cc1csc(-c2ccccc2Cl)n1)c1cccs1. The average molecular weight is 421 g/mol. The standard InChI is InChI=1S/C19H17ClN2O3S2/c1-25-18(24)10-15(16-7-4-8-26-16)22-17(23)9-12-11-27-19(21-12)13-5-2-3-6-14(13)20/h2-8,11,15H,9-10H2,1H3,(H,22,23). The lowest BCUT2D eigenvalue weighted by atomic mass is 10.1. The van der Waals surface area contributed by atoms with Gasteiger partial charge in [-0.2, -0.15) is 0 Å². The van der Waals surface area contributed by atoms with E-state index in [0.717, 1.165) is 15.4 Å². The fourth-order valence-electron chi connectivity index (χ4n) is 2.52. The number of thiazole rings is 1. The average Bonchev–Trinajstić information content (AvgIpc) is 3.33. The number of ether oxygens (including phenoxy) is 1. The highest BCUT2D eigenvalue weighted by atomic mass is 35.5. The van der Waals surface area contributed by atoms with Crippen LogP contribution in [0.3, 0.4) is 0 Å². The van der Waals surface area contributed by atoms with Crippen molar-refractivity contribution in [1.29, 1.82) is 0 Å². The second kappa shape index (κ2) is 9.12. The van der Waals surface area contributed by atoms with Gasteiger partial charge in [0.25, 0.3) is 0 Å². The van der Waals surface area contributed by atoms with Crippen LogP contribution in [0.15, 0.2) is 47.2 Å². The third kappa shape index (κ3) is 5.15. The van der Waals surface area contributed by atoms with Gasteiger partial charge in [-0.3, -0.25) is 9.59 Å². The molecular formula is C19H17ClN2O3S2. The molecule has 0 radical (unpaired) electrons. The van der Waals surface area contributed by atoms with Crippen LogP contribution in [0.5, 0.6) is 0 Å². The molecule has 3 aromatic rings. The van der Waals surface area contributed by atoms with E-state index in [1.807, 2.05) is 47.2 Å². The van der Waals surface area contributed by atoms with Gasteiger partial charge in [0.1, 0.15) is 5.01 Å². The predicted octanol–water partition coefficient (Wildman–Crippen LogP) is 4.49. The molecule has 1 amide bonds. The predicted molar refractivity (Wildman–Crippen MR) is 108 cm³/mol. The molecule has 1 aromatic carbocycles. The van der Waals surface area contributed by atoms with Gasteiger partial charge in [0.05, 0.1) is 36.7 Å². The van der Waals surface area contributed by atoms with E-state index >= 15 is 0 Å². The van der Waals surface area contributed by atoms with Crippen molar-refractivity contribution in [3.05, 3.63) is 62.8 Å². The molecule has 2 aromatic heterocycles. The van der Waals surface area contributed by atoms with E-state index in [2.05, 4.69) is 10.3 Å². The third-order valence-electron chi connectivity index (χ3n) is 3.82. The maximum Gasteiger partial charge on any atom is 0.307 e. The molecule has 0 aliphatic carbocycles. The van der Waals surface area contributed by atoms with Crippen LogP contribution in [-0.4, -0.2) is 24.0 Å². The zero-order valence-corrected chi connectivity index (χ0v) is 16.9. The zero-order valence-electron chi connectivity index (χ0n) is 14.5. The van der Waals surface area contributed by atoms with Crippen molar-refractivity contribution in [1.82, 2.24) is 10.3 Å². The molecular weight excluding hydrogens is 404 g/mol. The molecule has 0 bridgehead atoms. The number of carbonyl (C=O) groups excluding carboxylic acids is 2. The maximum atomic E-state index is 12.5. The molecule has 1 unspecified atom stereocenters. The largest absolute Gasteiger partial charge is 0.469 e. The van der Waals surface area contributed by atoms with E-state index in [1.54, 1.807) is 0 Å². The number of halogens is 1. The van der Waals surface area contributed by atoms with Crippen LogP contribution in [0.1, 0.15) is 23.0 Å². The van der Waals surface area contributed by atoms with Crippen molar-refractivity contribution < 1.29 is 14.3 Å². The molecule has 140 valence electrons. The number of hydrogen-bond donors (Lipinski definition) is 1. The summed E-state index contributed by atoms with van der Waals surface area (Å²) in [5.74, 6) is -0.573. The van der Waals surface area contributed by atoms with Gasteiger partial charge in [-0.1, -0.05) is 35.9 Å². The Kier molecular flexibility index (Phi) is 6.60. The first-order valence-corrected chi connectivity index (χ1v) is 10.3. The molecule has 27 heavy (non-hydrogen) atoms. The number of methoxy groups -OCH3 is 1. The summed E-state index contributed by atoms with van der Waals surface area (Å²) in [6.45, 7) is 0. The molecule has 0 aliphatic rings. The first-order chi connectivity index (χ1) is 13.1. The molecule has 0 saturated heterocycles. The molecule has 8 heteroatoms. The number of esters is 1. The monoisotopic (exact) mass is 420 g/mol. The van der Waals surface area contributed by atoms with Crippen molar-refractivity contribution in [2.45, 2.75) is 18.9 Å². The lowest BCUT2D eigenvalue weighted by Crippen LogP contribution is -2.31. The van der Waals surface area contributed by atoms with Crippen LogP contribution in [0, 0.1) is 0 Å². The minimum absolute atomic E-state index is 0.0880. The first-order valence-electron chi connectivity index (χ1n) is 8.15.